The van der Waals surface area contributed by atoms with Crippen LogP contribution < -0.4 is 10.6 Å². The topological polar surface area (TPSA) is 79.6 Å². The molecule has 3 rings (SSSR count). The minimum atomic E-state index is 0.0837. The summed E-state index contributed by atoms with van der Waals surface area (Å²) < 4.78 is 8.14. The van der Waals surface area contributed by atoms with Crippen LogP contribution in [-0.4, -0.2) is 70.1 Å². The van der Waals surface area contributed by atoms with E-state index in [0.717, 1.165) is 50.1 Å². The summed E-state index contributed by atoms with van der Waals surface area (Å²) in [5.74, 6) is 2.65. The number of nitrogens with one attached hydrogen (secondary N) is 2. The molecule has 0 bridgehead atoms. The van der Waals surface area contributed by atoms with Crippen molar-refractivity contribution < 1.29 is 4.74 Å². The van der Waals surface area contributed by atoms with E-state index in [-0.39, 0.29) is 5.41 Å². The number of aliphatic imine (C=N–C) groups is 1. The molecule has 8 heteroatoms. The van der Waals surface area contributed by atoms with Gasteiger partial charge in [0.25, 0.3) is 0 Å². The molecule has 0 radical (unpaired) electrons. The molecule has 176 valence electrons. The summed E-state index contributed by atoms with van der Waals surface area (Å²) in [7, 11) is 1.99. The van der Waals surface area contributed by atoms with E-state index in [4.69, 9.17) is 9.73 Å². The van der Waals surface area contributed by atoms with Crippen molar-refractivity contribution in [2.45, 2.75) is 91.5 Å². The summed E-state index contributed by atoms with van der Waals surface area (Å²) in [6.07, 6.45) is 6.16. The van der Waals surface area contributed by atoms with Gasteiger partial charge in [0.15, 0.2) is 11.8 Å². The zero-order chi connectivity index (χ0) is 22.4. The van der Waals surface area contributed by atoms with E-state index in [9.17, 15) is 0 Å². The van der Waals surface area contributed by atoms with Crippen LogP contribution >= 0.6 is 0 Å². The lowest BCUT2D eigenvalue weighted by Gasteiger charge is -2.52. The van der Waals surface area contributed by atoms with Crippen LogP contribution in [0.4, 0.5) is 0 Å². The van der Waals surface area contributed by atoms with Crippen molar-refractivity contribution >= 4 is 5.96 Å². The van der Waals surface area contributed by atoms with Gasteiger partial charge in [0, 0.05) is 37.7 Å². The Hall–Kier alpha value is -1.67. The van der Waals surface area contributed by atoms with Gasteiger partial charge in [0.05, 0.1) is 6.10 Å². The first-order valence-electron chi connectivity index (χ1n) is 12.1. The molecule has 3 unspecified atom stereocenters. The number of likely N-dealkylation sites (tertiary alicyclic amines) is 1. The van der Waals surface area contributed by atoms with Crippen LogP contribution in [0, 0.1) is 12.3 Å². The first kappa shape index (κ1) is 24.0. The van der Waals surface area contributed by atoms with Gasteiger partial charge in [-0.2, -0.15) is 0 Å². The molecule has 2 heterocycles. The van der Waals surface area contributed by atoms with Gasteiger partial charge < -0.3 is 19.9 Å². The van der Waals surface area contributed by atoms with Gasteiger partial charge in [-0.05, 0) is 45.7 Å². The van der Waals surface area contributed by atoms with Crippen LogP contribution in [0.3, 0.4) is 0 Å². The normalized spacial score (nSPS) is 26.1. The molecule has 1 aliphatic carbocycles. The molecular weight excluding hydrogens is 390 g/mol. The Balaban J connectivity index is 1.62. The third kappa shape index (κ3) is 5.77. The molecule has 1 saturated carbocycles. The van der Waals surface area contributed by atoms with E-state index >= 15 is 0 Å². The van der Waals surface area contributed by atoms with E-state index < -0.39 is 0 Å². The zero-order valence-corrected chi connectivity index (χ0v) is 20.4. The Labute approximate surface area is 188 Å². The van der Waals surface area contributed by atoms with Crippen molar-refractivity contribution in [3.8, 4) is 0 Å². The summed E-state index contributed by atoms with van der Waals surface area (Å²) in [6, 6.07) is 0.922. The van der Waals surface area contributed by atoms with Gasteiger partial charge in [-0.25, -0.2) is 4.99 Å². The summed E-state index contributed by atoms with van der Waals surface area (Å²) in [4.78, 5) is 7.44. The van der Waals surface area contributed by atoms with E-state index in [1.165, 1.54) is 25.8 Å². The van der Waals surface area contributed by atoms with Gasteiger partial charge in [-0.3, -0.25) is 4.90 Å². The van der Waals surface area contributed by atoms with Crippen molar-refractivity contribution in [1.82, 2.24) is 30.3 Å². The molecular formula is C23H43N7O. The SMILES string of the molecule is CCCCOC1CC(NC(=NCc2nnc(C)n2C)NCC2CCCN2CC)C1(C)C. The van der Waals surface area contributed by atoms with E-state index in [1.54, 1.807) is 0 Å². The van der Waals surface area contributed by atoms with E-state index in [0.29, 0.717) is 24.7 Å². The number of aromatic nitrogens is 3. The Morgan fingerprint density at radius 1 is 1.29 bits per heavy atom. The zero-order valence-electron chi connectivity index (χ0n) is 20.4. The molecule has 2 aliphatic rings. The quantitative estimate of drug-likeness (QED) is 0.335. The van der Waals surface area contributed by atoms with Gasteiger partial charge in [0.1, 0.15) is 12.4 Å². The number of unbranched alkanes of at least 4 members (excludes halogenated alkanes) is 1. The third-order valence-corrected chi connectivity index (χ3v) is 7.28. The molecule has 1 saturated heterocycles. The summed E-state index contributed by atoms with van der Waals surface area (Å²) >= 11 is 0. The minimum Gasteiger partial charge on any atom is -0.378 e. The number of rotatable bonds is 10. The van der Waals surface area contributed by atoms with Crippen molar-refractivity contribution in [3.05, 3.63) is 11.6 Å². The largest absolute Gasteiger partial charge is 0.378 e. The van der Waals surface area contributed by atoms with Crippen LogP contribution in [0.5, 0.6) is 0 Å². The fraction of sp³-hybridized carbons (Fsp3) is 0.870. The lowest BCUT2D eigenvalue weighted by atomic mass is 9.64. The first-order chi connectivity index (χ1) is 14.9. The molecule has 0 aromatic carbocycles. The maximum atomic E-state index is 6.13. The summed E-state index contributed by atoms with van der Waals surface area (Å²) in [5.41, 5.74) is 0.0837. The predicted octanol–water partition coefficient (Wildman–Crippen LogP) is 2.63. The average molecular weight is 434 g/mol. The smallest absolute Gasteiger partial charge is 0.192 e. The minimum absolute atomic E-state index is 0.0837. The monoisotopic (exact) mass is 433 g/mol. The number of hydrogen-bond acceptors (Lipinski definition) is 5. The van der Waals surface area contributed by atoms with Gasteiger partial charge in [0.2, 0.25) is 0 Å². The fourth-order valence-corrected chi connectivity index (χ4v) is 4.60. The van der Waals surface area contributed by atoms with Crippen molar-refractivity contribution in [3.63, 3.8) is 0 Å². The van der Waals surface area contributed by atoms with Crippen molar-refractivity contribution in [2.24, 2.45) is 17.5 Å². The second-order valence-corrected chi connectivity index (χ2v) is 9.66. The molecule has 3 atom stereocenters. The van der Waals surface area contributed by atoms with E-state index in [1.807, 2.05) is 18.5 Å². The molecule has 1 aromatic rings. The van der Waals surface area contributed by atoms with Crippen LogP contribution in [0.1, 0.15) is 71.4 Å². The summed E-state index contributed by atoms with van der Waals surface area (Å²) in [5, 5.41) is 15.8. The van der Waals surface area contributed by atoms with Crippen LogP contribution in [-0.2, 0) is 18.3 Å². The van der Waals surface area contributed by atoms with Gasteiger partial charge in [-0.15, -0.1) is 10.2 Å². The lowest BCUT2D eigenvalue weighted by Crippen LogP contribution is -2.64. The molecule has 0 spiro atoms. The Morgan fingerprint density at radius 3 is 2.74 bits per heavy atom. The van der Waals surface area contributed by atoms with Crippen LogP contribution in [0.15, 0.2) is 4.99 Å². The first-order valence-corrected chi connectivity index (χ1v) is 12.1. The Bertz CT molecular complexity index is 730. The van der Waals surface area contributed by atoms with Crippen LogP contribution in [0.25, 0.3) is 0 Å². The number of ether oxygens (including phenoxy) is 1. The Morgan fingerprint density at radius 2 is 2.10 bits per heavy atom. The number of guanidine groups is 1. The molecule has 31 heavy (non-hydrogen) atoms. The number of likely N-dealkylation sites (N-methyl/N-ethyl adjacent to an activating group) is 1. The maximum absolute atomic E-state index is 6.13. The molecule has 0 amide bonds. The Kier molecular flexibility index (Phi) is 8.33. The summed E-state index contributed by atoms with van der Waals surface area (Å²) in [6.45, 7) is 15.6. The maximum Gasteiger partial charge on any atom is 0.192 e. The standard InChI is InChI=1S/C23H43N7O/c1-7-9-13-31-20-14-19(23(20,4)5)26-22(24-15-18-11-10-12-30(18)8-2)25-16-21-28-27-17(3)29(21)6/h18-20H,7-16H2,1-6H3,(H2,24,25,26). The highest BCUT2D eigenvalue weighted by molar-refractivity contribution is 5.80. The predicted molar refractivity (Wildman–Crippen MR) is 125 cm³/mol. The third-order valence-electron chi connectivity index (χ3n) is 7.28. The number of aryl methyl sites for hydroxylation is 1. The van der Waals surface area contributed by atoms with Gasteiger partial charge >= 0.3 is 0 Å². The second-order valence-electron chi connectivity index (χ2n) is 9.66. The molecule has 8 nitrogen and oxygen atoms in total. The average Bonchev–Trinajstić information content (AvgIpc) is 3.34. The highest BCUT2D eigenvalue weighted by Gasteiger charge is 2.49. The van der Waals surface area contributed by atoms with Crippen molar-refractivity contribution in [2.75, 3.05) is 26.2 Å². The number of nitrogens with zero attached hydrogens (tertiary/aromatic N) is 5. The van der Waals surface area contributed by atoms with Crippen LogP contribution in [0.2, 0.25) is 0 Å². The highest BCUT2D eigenvalue weighted by Crippen LogP contribution is 2.42. The molecule has 2 fully saturated rings. The van der Waals surface area contributed by atoms with Crippen molar-refractivity contribution in [1.29, 1.82) is 0 Å². The fourth-order valence-electron chi connectivity index (χ4n) is 4.60. The van der Waals surface area contributed by atoms with E-state index in [2.05, 4.69) is 53.4 Å². The number of hydrogen-bond donors (Lipinski definition) is 2. The second kappa shape index (κ2) is 10.8. The molecule has 1 aliphatic heterocycles. The highest BCUT2D eigenvalue weighted by atomic mass is 16.5. The molecule has 1 aromatic heterocycles. The lowest BCUT2D eigenvalue weighted by molar-refractivity contribution is -0.113. The molecule has 2 N–H and O–H groups in total. The van der Waals surface area contributed by atoms with Gasteiger partial charge in [-0.1, -0.05) is 34.1 Å².